The summed E-state index contributed by atoms with van der Waals surface area (Å²) in [6.07, 6.45) is 8.22. The number of imidazole rings is 1. The van der Waals surface area contributed by atoms with Crippen molar-refractivity contribution in [1.29, 1.82) is 0 Å². The molecule has 1 aliphatic rings. The fourth-order valence-electron chi connectivity index (χ4n) is 2.63. The minimum absolute atomic E-state index is 0.697. The molecule has 1 saturated heterocycles. The number of likely N-dealkylation sites (N-methyl/N-ethyl adjacent to an activating group) is 1. The summed E-state index contributed by atoms with van der Waals surface area (Å²) in [6, 6.07) is 0.697. The molecule has 1 unspecified atom stereocenters. The number of thiazole rings is 1. The number of aromatic nitrogens is 2. The van der Waals surface area contributed by atoms with Gasteiger partial charge in [0, 0.05) is 36.9 Å². The first-order valence-corrected chi connectivity index (χ1v) is 7.53. The quantitative estimate of drug-likeness (QED) is 0.916. The summed E-state index contributed by atoms with van der Waals surface area (Å²) in [5.74, 6) is 0. The Labute approximate surface area is 112 Å². The lowest BCUT2D eigenvalue weighted by molar-refractivity contribution is 0.181. The zero-order chi connectivity index (χ0) is 12.4. The third-order valence-electron chi connectivity index (χ3n) is 3.75. The second kappa shape index (κ2) is 5.38. The van der Waals surface area contributed by atoms with Gasteiger partial charge in [0.2, 0.25) is 0 Å². The van der Waals surface area contributed by atoms with E-state index >= 15 is 0 Å². The van der Waals surface area contributed by atoms with Crippen molar-refractivity contribution >= 4 is 16.3 Å². The second-order valence-corrected chi connectivity index (χ2v) is 5.96. The average molecular weight is 264 g/mol. The van der Waals surface area contributed by atoms with Crippen LogP contribution in [0.25, 0.3) is 4.96 Å². The van der Waals surface area contributed by atoms with Crippen LogP contribution in [0.15, 0.2) is 17.8 Å². The van der Waals surface area contributed by atoms with Gasteiger partial charge in [-0.2, -0.15) is 0 Å². The number of fused-ring (bicyclic) bond motifs is 1. The normalized spacial score (nSPS) is 21.7. The Bertz CT molecular complexity index is 475. The molecule has 0 aromatic carbocycles. The largest absolute Gasteiger partial charge is 0.310 e. The van der Waals surface area contributed by atoms with Crippen LogP contribution in [-0.2, 0) is 6.54 Å². The lowest BCUT2D eigenvalue weighted by Crippen LogP contribution is -2.42. The van der Waals surface area contributed by atoms with E-state index in [0.717, 1.165) is 23.7 Å². The monoisotopic (exact) mass is 264 g/mol. The van der Waals surface area contributed by atoms with Crippen LogP contribution in [0.5, 0.6) is 0 Å². The first-order chi connectivity index (χ1) is 8.83. The number of hydrogen-bond acceptors (Lipinski definition) is 4. The fourth-order valence-corrected chi connectivity index (χ4v) is 3.35. The number of nitrogens with one attached hydrogen (secondary N) is 1. The second-order valence-electron chi connectivity index (χ2n) is 5.09. The van der Waals surface area contributed by atoms with Crippen molar-refractivity contribution in [3.8, 4) is 0 Å². The molecule has 1 fully saturated rings. The maximum atomic E-state index is 4.58. The van der Waals surface area contributed by atoms with E-state index in [1.807, 2.05) is 0 Å². The minimum atomic E-state index is 0.697. The Morgan fingerprint density at radius 3 is 3.28 bits per heavy atom. The van der Waals surface area contributed by atoms with E-state index in [0.29, 0.717) is 6.04 Å². The molecule has 4 nitrogen and oxygen atoms in total. The number of piperidine rings is 1. The number of nitrogens with zero attached hydrogens (tertiary/aromatic N) is 3. The molecule has 0 radical (unpaired) electrons. The van der Waals surface area contributed by atoms with Crippen molar-refractivity contribution in [2.75, 3.05) is 20.1 Å². The van der Waals surface area contributed by atoms with Crippen LogP contribution in [0.3, 0.4) is 0 Å². The molecule has 18 heavy (non-hydrogen) atoms. The lowest BCUT2D eigenvalue weighted by atomic mass is 10.0. The summed E-state index contributed by atoms with van der Waals surface area (Å²) < 4.78 is 2.09. The van der Waals surface area contributed by atoms with E-state index in [1.165, 1.54) is 25.8 Å². The average Bonchev–Trinajstić information content (AvgIpc) is 2.92. The van der Waals surface area contributed by atoms with Crippen molar-refractivity contribution in [1.82, 2.24) is 19.6 Å². The molecule has 0 bridgehead atoms. The van der Waals surface area contributed by atoms with Crippen LogP contribution in [0.2, 0.25) is 0 Å². The Kier molecular flexibility index (Phi) is 3.63. The van der Waals surface area contributed by atoms with Crippen LogP contribution in [0.1, 0.15) is 25.0 Å². The molecule has 2 aromatic heterocycles. The molecule has 1 atom stereocenters. The van der Waals surface area contributed by atoms with Gasteiger partial charge in [-0.15, -0.1) is 11.3 Å². The van der Waals surface area contributed by atoms with E-state index in [-0.39, 0.29) is 0 Å². The van der Waals surface area contributed by atoms with Crippen LogP contribution < -0.4 is 5.32 Å². The number of likely N-dealkylation sites (tertiary alicyclic amines) is 1. The molecule has 1 aliphatic heterocycles. The molecule has 2 aromatic rings. The van der Waals surface area contributed by atoms with Gasteiger partial charge in [-0.05, 0) is 26.4 Å². The maximum Gasteiger partial charge on any atom is 0.193 e. The first-order valence-electron chi connectivity index (χ1n) is 6.65. The standard InChI is InChI=1S/C13H20N4S/c1-16-5-3-2-4-12(16)9-14-8-11-10-17-6-7-18-13(17)15-11/h6-7,10,12,14H,2-5,8-9H2,1H3. The molecular formula is C13H20N4S. The molecule has 0 amide bonds. The minimum Gasteiger partial charge on any atom is -0.310 e. The van der Waals surface area contributed by atoms with Gasteiger partial charge in [0.25, 0.3) is 0 Å². The highest BCUT2D eigenvalue weighted by atomic mass is 32.1. The highest BCUT2D eigenvalue weighted by Crippen LogP contribution is 2.14. The molecule has 3 rings (SSSR count). The van der Waals surface area contributed by atoms with Crippen LogP contribution >= 0.6 is 11.3 Å². The molecule has 0 aliphatic carbocycles. The topological polar surface area (TPSA) is 32.6 Å². The van der Waals surface area contributed by atoms with Crippen molar-refractivity contribution in [2.45, 2.75) is 31.8 Å². The highest BCUT2D eigenvalue weighted by molar-refractivity contribution is 7.15. The van der Waals surface area contributed by atoms with E-state index < -0.39 is 0 Å². The van der Waals surface area contributed by atoms with Crippen molar-refractivity contribution in [3.05, 3.63) is 23.5 Å². The summed E-state index contributed by atoms with van der Waals surface area (Å²) in [5, 5.41) is 5.61. The summed E-state index contributed by atoms with van der Waals surface area (Å²) in [7, 11) is 2.23. The van der Waals surface area contributed by atoms with Crippen LogP contribution in [-0.4, -0.2) is 40.5 Å². The number of hydrogen-bond donors (Lipinski definition) is 1. The van der Waals surface area contributed by atoms with E-state index in [9.17, 15) is 0 Å². The Morgan fingerprint density at radius 2 is 2.44 bits per heavy atom. The third-order valence-corrected chi connectivity index (χ3v) is 4.52. The summed E-state index contributed by atoms with van der Waals surface area (Å²) in [5.41, 5.74) is 1.14. The molecule has 1 N–H and O–H groups in total. The van der Waals surface area contributed by atoms with Crippen LogP contribution in [0, 0.1) is 0 Å². The predicted molar refractivity (Wildman–Crippen MR) is 75.0 cm³/mol. The van der Waals surface area contributed by atoms with Crippen molar-refractivity contribution in [2.24, 2.45) is 0 Å². The Hall–Kier alpha value is -0.910. The van der Waals surface area contributed by atoms with E-state index in [1.54, 1.807) is 11.3 Å². The van der Waals surface area contributed by atoms with Crippen LogP contribution in [0.4, 0.5) is 0 Å². The molecule has 98 valence electrons. The molecule has 5 heteroatoms. The Morgan fingerprint density at radius 1 is 1.50 bits per heavy atom. The van der Waals surface area contributed by atoms with Gasteiger partial charge in [0.15, 0.2) is 4.96 Å². The summed E-state index contributed by atoms with van der Waals surface area (Å²) in [4.78, 5) is 8.14. The predicted octanol–water partition coefficient (Wildman–Crippen LogP) is 1.97. The SMILES string of the molecule is CN1CCCCC1CNCc1cn2ccsc2n1. The molecule has 0 saturated carbocycles. The van der Waals surface area contributed by atoms with Crippen molar-refractivity contribution in [3.63, 3.8) is 0 Å². The molecule has 0 spiro atoms. The third kappa shape index (κ3) is 2.58. The van der Waals surface area contributed by atoms with Gasteiger partial charge in [0.05, 0.1) is 5.69 Å². The van der Waals surface area contributed by atoms with Gasteiger partial charge < -0.3 is 10.2 Å². The summed E-state index contributed by atoms with van der Waals surface area (Å²) >= 11 is 1.69. The number of rotatable bonds is 4. The van der Waals surface area contributed by atoms with Crippen molar-refractivity contribution < 1.29 is 0 Å². The van der Waals surface area contributed by atoms with Gasteiger partial charge in [-0.1, -0.05) is 6.42 Å². The lowest BCUT2D eigenvalue weighted by Gasteiger charge is -2.32. The zero-order valence-electron chi connectivity index (χ0n) is 10.8. The van der Waals surface area contributed by atoms with Gasteiger partial charge >= 0.3 is 0 Å². The Balaban J connectivity index is 1.50. The molecule has 3 heterocycles. The maximum absolute atomic E-state index is 4.58. The smallest absolute Gasteiger partial charge is 0.193 e. The summed E-state index contributed by atoms with van der Waals surface area (Å²) in [6.45, 7) is 3.19. The van der Waals surface area contributed by atoms with E-state index in [4.69, 9.17) is 0 Å². The van der Waals surface area contributed by atoms with Gasteiger partial charge in [-0.25, -0.2) is 4.98 Å². The van der Waals surface area contributed by atoms with Gasteiger partial charge in [-0.3, -0.25) is 4.40 Å². The van der Waals surface area contributed by atoms with Gasteiger partial charge in [0.1, 0.15) is 0 Å². The first kappa shape index (κ1) is 12.1. The van der Waals surface area contributed by atoms with E-state index in [2.05, 4.69) is 44.4 Å². The fraction of sp³-hybridized carbons (Fsp3) is 0.615. The molecular weight excluding hydrogens is 244 g/mol. The highest BCUT2D eigenvalue weighted by Gasteiger charge is 2.18. The zero-order valence-corrected chi connectivity index (χ0v) is 11.6.